The molecule has 1 aromatic carbocycles. The van der Waals surface area contributed by atoms with Crippen LogP contribution >= 0.6 is 0 Å². The van der Waals surface area contributed by atoms with Crippen LogP contribution in [0.15, 0.2) is 23.1 Å². The number of morpholine rings is 1. The molecule has 0 N–H and O–H groups in total. The molecule has 0 bridgehead atoms. The van der Waals surface area contributed by atoms with Crippen LogP contribution in [0.5, 0.6) is 5.75 Å². The molecule has 1 saturated heterocycles. The topological polar surface area (TPSA) is 55.8 Å². The Bertz CT molecular complexity index is 614. The van der Waals surface area contributed by atoms with Crippen molar-refractivity contribution in [3.8, 4) is 5.75 Å². The SMILES string of the molecule is CCOc1ccc(S(=O)(=O)N2CCOCC2)cc1C(C)(C)C. The van der Waals surface area contributed by atoms with Crippen LogP contribution in [0.1, 0.15) is 33.3 Å². The number of nitrogens with zero attached hydrogens (tertiary/aromatic N) is 1. The molecule has 0 saturated carbocycles. The van der Waals surface area contributed by atoms with Gasteiger partial charge < -0.3 is 9.47 Å². The van der Waals surface area contributed by atoms with Crippen molar-refractivity contribution in [3.63, 3.8) is 0 Å². The number of benzene rings is 1. The Kier molecular flexibility index (Phi) is 5.14. The summed E-state index contributed by atoms with van der Waals surface area (Å²) in [6, 6.07) is 5.14. The number of ether oxygens (including phenoxy) is 2. The van der Waals surface area contributed by atoms with Crippen molar-refractivity contribution in [2.24, 2.45) is 0 Å². The number of hydrogen-bond donors (Lipinski definition) is 0. The van der Waals surface area contributed by atoms with Crippen molar-refractivity contribution in [1.82, 2.24) is 4.31 Å². The highest BCUT2D eigenvalue weighted by atomic mass is 32.2. The average Bonchev–Trinajstić information content (AvgIpc) is 2.47. The molecule has 1 aliphatic heterocycles. The minimum absolute atomic E-state index is 0.193. The third-order valence-corrected chi connectivity index (χ3v) is 5.56. The molecule has 6 heteroatoms. The summed E-state index contributed by atoms with van der Waals surface area (Å²) >= 11 is 0. The first kappa shape index (κ1) is 17.2. The van der Waals surface area contributed by atoms with Crippen molar-refractivity contribution in [3.05, 3.63) is 23.8 Å². The van der Waals surface area contributed by atoms with E-state index in [1.165, 1.54) is 4.31 Å². The van der Waals surface area contributed by atoms with Crippen LogP contribution in [0.25, 0.3) is 0 Å². The molecule has 1 aliphatic rings. The molecule has 1 aromatic rings. The second kappa shape index (κ2) is 6.56. The zero-order chi connectivity index (χ0) is 16.4. The first-order valence-corrected chi connectivity index (χ1v) is 9.06. The van der Waals surface area contributed by atoms with Gasteiger partial charge in [-0.05, 0) is 30.5 Å². The first-order chi connectivity index (χ1) is 10.3. The van der Waals surface area contributed by atoms with E-state index in [1.54, 1.807) is 18.2 Å². The molecule has 5 nitrogen and oxygen atoms in total. The number of sulfonamides is 1. The molecule has 0 aromatic heterocycles. The number of rotatable bonds is 4. The predicted octanol–water partition coefficient (Wildman–Crippen LogP) is 2.40. The van der Waals surface area contributed by atoms with Crippen molar-refractivity contribution < 1.29 is 17.9 Å². The normalized spacial score (nSPS) is 17.5. The van der Waals surface area contributed by atoms with Gasteiger partial charge in [0.1, 0.15) is 5.75 Å². The van der Waals surface area contributed by atoms with E-state index >= 15 is 0 Å². The molecule has 1 fully saturated rings. The Morgan fingerprint density at radius 3 is 2.41 bits per heavy atom. The van der Waals surface area contributed by atoms with Crippen molar-refractivity contribution in [1.29, 1.82) is 0 Å². The lowest BCUT2D eigenvalue weighted by molar-refractivity contribution is 0.0730. The summed E-state index contributed by atoms with van der Waals surface area (Å²) in [5.74, 6) is 0.746. The predicted molar refractivity (Wildman–Crippen MR) is 85.9 cm³/mol. The quantitative estimate of drug-likeness (QED) is 0.852. The lowest BCUT2D eigenvalue weighted by Gasteiger charge is -2.28. The van der Waals surface area contributed by atoms with Crippen LogP contribution in [0.3, 0.4) is 0 Å². The minimum Gasteiger partial charge on any atom is -0.494 e. The second-order valence-electron chi connectivity index (χ2n) is 6.36. The van der Waals surface area contributed by atoms with E-state index in [9.17, 15) is 8.42 Å². The van der Waals surface area contributed by atoms with E-state index in [0.717, 1.165) is 11.3 Å². The van der Waals surface area contributed by atoms with E-state index in [0.29, 0.717) is 37.8 Å². The van der Waals surface area contributed by atoms with Crippen molar-refractivity contribution in [2.45, 2.75) is 38.0 Å². The largest absolute Gasteiger partial charge is 0.494 e. The van der Waals surface area contributed by atoms with Crippen LogP contribution in [0.2, 0.25) is 0 Å². The first-order valence-electron chi connectivity index (χ1n) is 7.62. The number of hydrogen-bond acceptors (Lipinski definition) is 4. The molecule has 0 spiro atoms. The highest BCUT2D eigenvalue weighted by Gasteiger charge is 2.29. The molecule has 0 aliphatic carbocycles. The Morgan fingerprint density at radius 1 is 1.23 bits per heavy atom. The highest BCUT2D eigenvalue weighted by Crippen LogP contribution is 2.34. The molecule has 0 atom stereocenters. The summed E-state index contributed by atoms with van der Waals surface area (Å²) in [5.41, 5.74) is 0.713. The van der Waals surface area contributed by atoms with Crippen LogP contribution in [0.4, 0.5) is 0 Å². The maximum Gasteiger partial charge on any atom is 0.243 e. The Morgan fingerprint density at radius 2 is 1.86 bits per heavy atom. The van der Waals surface area contributed by atoms with E-state index in [2.05, 4.69) is 20.8 Å². The third-order valence-electron chi connectivity index (χ3n) is 3.67. The summed E-state index contributed by atoms with van der Waals surface area (Å²) in [5, 5.41) is 0. The van der Waals surface area contributed by atoms with Gasteiger partial charge in [-0.3, -0.25) is 0 Å². The molecule has 124 valence electrons. The van der Waals surface area contributed by atoms with E-state index in [4.69, 9.17) is 9.47 Å². The van der Waals surface area contributed by atoms with Gasteiger partial charge in [-0.25, -0.2) is 8.42 Å². The van der Waals surface area contributed by atoms with Crippen LogP contribution in [0, 0.1) is 0 Å². The Hall–Kier alpha value is -1.11. The molecule has 22 heavy (non-hydrogen) atoms. The monoisotopic (exact) mass is 327 g/mol. The van der Waals surface area contributed by atoms with Gasteiger partial charge in [0.15, 0.2) is 0 Å². The zero-order valence-electron chi connectivity index (χ0n) is 13.8. The van der Waals surface area contributed by atoms with Gasteiger partial charge in [-0.1, -0.05) is 20.8 Å². The van der Waals surface area contributed by atoms with Gasteiger partial charge in [0.05, 0.1) is 24.7 Å². The summed E-state index contributed by atoms with van der Waals surface area (Å²) < 4.78 is 37.9. The summed E-state index contributed by atoms with van der Waals surface area (Å²) in [6.07, 6.45) is 0. The van der Waals surface area contributed by atoms with Crippen LogP contribution < -0.4 is 4.74 Å². The fraction of sp³-hybridized carbons (Fsp3) is 0.625. The molecule has 1 heterocycles. The fourth-order valence-corrected chi connectivity index (χ4v) is 3.91. The lowest BCUT2D eigenvalue weighted by Crippen LogP contribution is -2.40. The van der Waals surface area contributed by atoms with Gasteiger partial charge in [0.2, 0.25) is 10.0 Å². The summed E-state index contributed by atoms with van der Waals surface area (Å²) in [6.45, 7) is 10.3. The van der Waals surface area contributed by atoms with Crippen LogP contribution in [-0.2, 0) is 20.2 Å². The smallest absolute Gasteiger partial charge is 0.243 e. The molecule has 2 rings (SSSR count). The fourth-order valence-electron chi connectivity index (χ4n) is 2.47. The zero-order valence-corrected chi connectivity index (χ0v) is 14.6. The molecular formula is C16H25NO4S. The van der Waals surface area contributed by atoms with Gasteiger partial charge in [0.25, 0.3) is 0 Å². The molecule has 0 amide bonds. The molecule has 0 radical (unpaired) electrons. The van der Waals surface area contributed by atoms with Crippen molar-refractivity contribution >= 4 is 10.0 Å². The van der Waals surface area contributed by atoms with Gasteiger partial charge in [-0.15, -0.1) is 0 Å². The highest BCUT2D eigenvalue weighted by molar-refractivity contribution is 7.89. The maximum absolute atomic E-state index is 12.8. The average molecular weight is 327 g/mol. The summed E-state index contributed by atoms with van der Waals surface area (Å²) in [7, 11) is -3.48. The maximum atomic E-state index is 12.8. The van der Waals surface area contributed by atoms with Gasteiger partial charge >= 0.3 is 0 Å². The third kappa shape index (κ3) is 3.62. The van der Waals surface area contributed by atoms with E-state index in [1.807, 2.05) is 6.92 Å². The molecule has 0 unspecified atom stereocenters. The van der Waals surface area contributed by atoms with Gasteiger partial charge in [0, 0.05) is 18.7 Å². The van der Waals surface area contributed by atoms with Crippen molar-refractivity contribution in [2.75, 3.05) is 32.9 Å². The van der Waals surface area contributed by atoms with Crippen LogP contribution in [-0.4, -0.2) is 45.6 Å². The summed E-state index contributed by atoms with van der Waals surface area (Å²) in [4.78, 5) is 0.322. The van der Waals surface area contributed by atoms with E-state index in [-0.39, 0.29) is 5.41 Å². The lowest BCUT2D eigenvalue weighted by atomic mass is 9.86. The standard InChI is InChI=1S/C16H25NO4S/c1-5-21-15-7-6-13(12-14(15)16(2,3)4)22(18,19)17-8-10-20-11-9-17/h6-7,12H,5,8-11H2,1-4H3. The Labute approximate surface area is 133 Å². The second-order valence-corrected chi connectivity index (χ2v) is 8.30. The minimum atomic E-state index is -3.48. The van der Waals surface area contributed by atoms with Gasteiger partial charge in [-0.2, -0.15) is 4.31 Å². The molecular weight excluding hydrogens is 302 g/mol. The Balaban J connectivity index is 2.43. The van der Waals surface area contributed by atoms with E-state index < -0.39 is 10.0 Å².